The number of ether oxygens (including phenoxy) is 1. The van der Waals surface area contributed by atoms with E-state index in [0.29, 0.717) is 26.3 Å². The number of carbonyl (C=O) groups is 2. The lowest BCUT2D eigenvalue weighted by Crippen LogP contribution is -2.53. The average molecular weight is 270 g/mol. The molecule has 2 N–H and O–H groups in total. The smallest absolute Gasteiger partial charge is 0.317 e. The summed E-state index contributed by atoms with van der Waals surface area (Å²) in [6, 6.07) is -0.510. The van der Waals surface area contributed by atoms with Crippen LogP contribution in [-0.2, 0) is 9.53 Å². The fourth-order valence-electron chi connectivity index (χ4n) is 2.56. The molecule has 1 atom stereocenters. The highest BCUT2D eigenvalue weighted by Gasteiger charge is 2.29. The van der Waals surface area contributed by atoms with Crippen LogP contribution in [0.1, 0.15) is 32.1 Å². The van der Waals surface area contributed by atoms with E-state index in [0.717, 1.165) is 12.3 Å². The van der Waals surface area contributed by atoms with Gasteiger partial charge in [-0.05, 0) is 12.3 Å². The van der Waals surface area contributed by atoms with Crippen molar-refractivity contribution in [2.24, 2.45) is 5.92 Å². The van der Waals surface area contributed by atoms with Crippen molar-refractivity contribution in [3.05, 3.63) is 0 Å². The van der Waals surface area contributed by atoms with E-state index in [2.05, 4.69) is 5.32 Å². The second-order valence-corrected chi connectivity index (χ2v) is 5.34. The zero-order chi connectivity index (χ0) is 13.7. The third kappa shape index (κ3) is 4.09. The number of rotatable bonds is 5. The number of hydrogen-bond donors (Lipinski definition) is 2. The van der Waals surface area contributed by atoms with Crippen LogP contribution in [0.15, 0.2) is 0 Å². The van der Waals surface area contributed by atoms with Crippen LogP contribution in [0.25, 0.3) is 0 Å². The first-order valence-corrected chi connectivity index (χ1v) is 7.01. The number of carboxylic acid groups (broad SMARTS) is 1. The standard InChI is InChI=1S/C13H22N2O4/c16-12(17)8-11-9-19-7-6-15(11)13(18)14-5-4-10-2-1-3-10/h10-11H,1-9H2,(H,14,18)(H,16,17). The lowest BCUT2D eigenvalue weighted by atomic mass is 9.83. The summed E-state index contributed by atoms with van der Waals surface area (Å²) in [5.41, 5.74) is 0. The van der Waals surface area contributed by atoms with Gasteiger partial charge in [-0.1, -0.05) is 19.3 Å². The SMILES string of the molecule is O=C(O)CC1COCCN1C(=O)NCCC1CCC1. The normalized spacial score (nSPS) is 23.8. The number of carbonyl (C=O) groups excluding carboxylic acids is 1. The third-order valence-electron chi connectivity index (χ3n) is 3.95. The number of carboxylic acids is 1. The van der Waals surface area contributed by atoms with E-state index in [1.165, 1.54) is 19.3 Å². The highest BCUT2D eigenvalue weighted by molar-refractivity contribution is 5.76. The maximum absolute atomic E-state index is 12.0. The molecule has 1 saturated carbocycles. The summed E-state index contributed by atoms with van der Waals surface area (Å²) in [5.74, 6) is -0.137. The van der Waals surface area contributed by atoms with Gasteiger partial charge in [0.2, 0.25) is 0 Å². The Kier molecular flexibility index (Phi) is 5.01. The number of nitrogens with zero attached hydrogens (tertiary/aromatic N) is 1. The number of urea groups is 1. The predicted molar refractivity (Wildman–Crippen MR) is 68.9 cm³/mol. The van der Waals surface area contributed by atoms with Gasteiger partial charge in [-0.15, -0.1) is 0 Å². The minimum Gasteiger partial charge on any atom is -0.481 e. The molecule has 0 aromatic rings. The minimum absolute atomic E-state index is 0.0595. The summed E-state index contributed by atoms with van der Waals surface area (Å²) in [4.78, 5) is 24.4. The molecular weight excluding hydrogens is 248 g/mol. The number of aliphatic carboxylic acids is 1. The molecule has 0 aromatic heterocycles. The summed E-state index contributed by atoms with van der Waals surface area (Å²) in [5, 5.41) is 11.7. The summed E-state index contributed by atoms with van der Waals surface area (Å²) in [6.07, 6.45) is 4.82. The van der Waals surface area contributed by atoms with Crippen molar-refractivity contribution >= 4 is 12.0 Å². The van der Waals surface area contributed by atoms with Crippen LogP contribution >= 0.6 is 0 Å². The van der Waals surface area contributed by atoms with E-state index >= 15 is 0 Å². The molecule has 108 valence electrons. The molecule has 6 nitrogen and oxygen atoms in total. The maximum Gasteiger partial charge on any atom is 0.317 e. The van der Waals surface area contributed by atoms with E-state index in [1.807, 2.05) is 0 Å². The van der Waals surface area contributed by atoms with Crippen LogP contribution < -0.4 is 5.32 Å². The largest absolute Gasteiger partial charge is 0.481 e. The number of amides is 2. The molecule has 1 aliphatic heterocycles. The molecule has 2 aliphatic rings. The first-order chi connectivity index (χ1) is 9.16. The molecule has 1 unspecified atom stereocenters. The van der Waals surface area contributed by atoms with Gasteiger partial charge < -0.3 is 20.1 Å². The van der Waals surface area contributed by atoms with Crippen molar-refractivity contribution in [2.45, 2.75) is 38.1 Å². The number of nitrogens with one attached hydrogen (secondary N) is 1. The summed E-state index contributed by atoms with van der Waals surface area (Å²) < 4.78 is 5.25. The lowest BCUT2D eigenvalue weighted by Gasteiger charge is -2.35. The van der Waals surface area contributed by atoms with Crippen molar-refractivity contribution in [2.75, 3.05) is 26.3 Å². The van der Waals surface area contributed by atoms with Crippen LogP contribution in [0.3, 0.4) is 0 Å². The van der Waals surface area contributed by atoms with Gasteiger partial charge in [-0.2, -0.15) is 0 Å². The average Bonchev–Trinajstić information content (AvgIpc) is 2.32. The highest BCUT2D eigenvalue weighted by Crippen LogP contribution is 2.28. The molecule has 2 rings (SSSR count). The van der Waals surface area contributed by atoms with Gasteiger partial charge in [0.15, 0.2) is 0 Å². The molecule has 19 heavy (non-hydrogen) atoms. The zero-order valence-electron chi connectivity index (χ0n) is 11.1. The van der Waals surface area contributed by atoms with Gasteiger partial charge in [-0.25, -0.2) is 4.79 Å². The van der Waals surface area contributed by atoms with Crippen LogP contribution in [0.5, 0.6) is 0 Å². The second kappa shape index (κ2) is 6.75. The van der Waals surface area contributed by atoms with Crippen LogP contribution in [0.2, 0.25) is 0 Å². The zero-order valence-corrected chi connectivity index (χ0v) is 11.1. The quantitative estimate of drug-likeness (QED) is 0.783. The van der Waals surface area contributed by atoms with Gasteiger partial charge in [0.25, 0.3) is 0 Å². The molecule has 2 fully saturated rings. The molecule has 2 amide bonds. The third-order valence-corrected chi connectivity index (χ3v) is 3.95. The Morgan fingerprint density at radius 2 is 2.16 bits per heavy atom. The maximum atomic E-state index is 12.0. The fourth-order valence-corrected chi connectivity index (χ4v) is 2.56. The van der Waals surface area contributed by atoms with Crippen molar-refractivity contribution in [1.29, 1.82) is 0 Å². The summed E-state index contributed by atoms with van der Waals surface area (Å²) >= 11 is 0. The summed E-state index contributed by atoms with van der Waals surface area (Å²) in [6.45, 7) is 1.93. The Morgan fingerprint density at radius 3 is 2.79 bits per heavy atom. The topological polar surface area (TPSA) is 78.9 Å². The van der Waals surface area contributed by atoms with Crippen LogP contribution in [0, 0.1) is 5.92 Å². The van der Waals surface area contributed by atoms with E-state index in [-0.39, 0.29) is 18.5 Å². The first-order valence-electron chi connectivity index (χ1n) is 7.01. The molecule has 1 saturated heterocycles. The summed E-state index contributed by atoms with van der Waals surface area (Å²) in [7, 11) is 0. The predicted octanol–water partition coefficient (Wildman–Crippen LogP) is 1.06. The minimum atomic E-state index is -0.900. The van der Waals surface area contributed by atoms with E-state index in [1.54, 1.807) is 4.90 Å². The fraction of sp³-hybridized carbons (Fsp3) is 0.846. The Balaban J connectivity index is 1.75. The molecule has 0 radical (unpaired) electrons. The van der Waals surface area contributed by atoms with E-state index in [9.17, 15) is 9.59 Å². The molecule has 0 aromatic carbocycles. The highest BCUT2D eigenvalue weighted by atomic mass is 16.5. The van der Waals surface area contributed by atoms with Gasteiger partial charge in [-0.3, -0.25) is 4.79 Å². The Labute approximate surface area is 113 Å². The van der Waals surface area contributed by atoms with E-state index < -0.39 is 5.97 Å². The van der Waals surface area contributed by atoms with Crippen LogP contribution in [0.4, 0.5) is 4.79 Å². The molecule has 1 aliphatic carbocycles. The molecule has 1 heterocycles. The number of hydrogen-bond acceptors (Lipinski definition) is 3. The first kappa shape index (κ1) is 14.1. The van der Waals surface area contributed by atoms with Crippen molar-refractivity contribution in [1.82, 2.24) is 10.2 Å². The number of morpholine rings is 1. The van der Waals surface area contributed by atoms with Gasteiger partial charge in [0, 0.05) is 13.1 Å². The van der Waals surface area contributed by atoms with Crippen molar-refractivity contribution in [3.8, 4) is 0 Å². The molecule has 6 heteroatoms. The van der Waals surface area contributed by atoms with E-state index in [4.69, 9.17) is 9.84 Å². The van der Waals surface area contributed by atoms with Gasteiger partial charge in [0.1, 0.15) is 0 Å². The second-order valence-electron chi connectivity index (χ2n) is 5.34. The van der Waals surface area contributed by atoms with Gasteiger partial charge in [0.05, 0.1) is 25.7 Å². The van der Waals surface area contributed by atoms with Crippen molar-refractivity contribution < 1.29 is 19.4 Å². The van der Waals surface area contributed by atoms with Crippen molar-refractivity contribution in [3.63, 3.8) is 0 Å². The Bertz CT molecular complexity index is 331. The Hall–Kier alpha value is -1.30. The molecular formula is C13H22N2O4. The molecule has 0 bridgehead atoms. The monoisotopic (exact) mass is 270 g/mol. The van der Waals surface area contributed by atoms with Crippen LogP contribution in [-0.4, -0.2) is 54.4 Å². The van der Waals surface area contributed by atoms with Gasteiger partial charge >= 0.3 is 12.0 Å². The lowest BCUT2D eigenvalue weighted by molar-refractivity contribution is -0.139. The Morgan fingerprint density at radius 1 is 1.37 bits per heavy atom. The molecule has 0 spiro atoms.